The van der Waals surface area contributed by atoms with Gasteiger partial charge in [-0.25, -0.2) is 9.97 Å². The Morgan fingerprint density at radius 1 is 1.00 bits per heavy atom. The monoisotopic (exact) mass is 446 g/mol. The number of likely N-dealkylation sites (N-methyl/N-ethyl adjacent to an activating group) is 1. The molecule has 1 atom stereocenters. The molecule has 1 saturated heterocycles. The summed E-state index contributed by atoms with van der Waals surface area (Å²) in [4.78, 5) is 25.0. The topological polar surface area (TPSA) is 82.6 Å². The first-order chi connectivity index (χ1) is 16.0. The predicted octanol–water partition coefficient (Wildman–Crippen LogP) is 3.61. The Kier molecular flexibility index (Phi) is 7.04. The van der Waals surface area contributed by atoms with E-state index in [2.05, 4.69) is 37.6 Å². The zero-order valence-corrected chi connectivity index (χ0v) is 19.3. The van der Waals surface area contributed by atoms with Gasteiger partial charge in [-0.1, -0.05) is 12.1 Å². The minimum Gasteiger partial charge on any atom is -0.378 e. The van der Waals surface area contributed by atoms with Gasteiger partial charge in [-0.3, -0.25) is 4.79 Å². The van der Waals surface area contributed by atoms with Gasteiger partial charge in [0, 0.05) is 56.0 Å². The van der Waals surface area contributed by atoms with Crippen LogP contribution < -0.4 is 15.5 Å². The maximum atomic E-state index is 12.1. The Morgan fingerprint density at radius 3 is 2.33 bits per heavy atom. The van der Waals surface area contributed by atoms with E-state index in [1.807, 2.05) is 49.4 Å². The normalized spacial score (nSPS) is 14.5. The third-order valence-corrected chi connectivity index (χ3v) is 5.53. The van der Waals surface area contributed by atoms with Crippen molar-refractivity contribution in [1.29, 1.82) is 0 Å². The maximum absolute atomic E-state index is 12.1. The number of rotatable bonds is 7. The van der Waals surface area contributed by atoms with Gasteiger partial charge < -0.3 is 25.2 Å². The third-order valence-electron chi connectivity index (χ3n) is 5.53. The van der Waals surface area contributed by atoms with Gasteiger partial charge in [0.1, 0.15) is 6.04 Å². The maximum Gasteiger partial charge on any atom is 0.244 e. The van der Waals surface area contributed by atoms with Gasteiger partial charge in [0.05, 0.1) is 18.9 Å². The second-order valence-electron chi connectivity index (χ2n) is 8.21. The molecule has 0 aliphatic carbocycles. The zero-order valence-electron chi connectivity index (χ0n) is 19.3. The largest absolute Gasteiger partial charge is 0.378 e. The van der Waals surface area contributed by atoms with Crippen molar-refractivity contribution >= 4 is 28.9 Å². The molecule has 33 heavy (non-hydrogen) atoms. The Balaban J connectivity index is 1.41. The smallest absolute Gasteiger partial charge is 0.244 e. The molecule has 3 aromatic rings. The van der Waals surface area contributed by atoms with Crippen molar-refractivity contribution in [1.82, 2.24) is 14.9 Å². The Hall–Kier alpha value is -3.65. The zero-order chi connectivity index (χ0) is 23.2. The van der Waals surface area contributed by atoms with Crippen molar-refractivity contribution < 1.29 is 9.53 Å². The number of aromatic nitrogens is 2. The molecule has 2 N–H and O–H groups in total. The van der Waals surface area contributed by atoms with E-state index < -0.39 is 0 Å². The molecule has 0 spiro atoms. The number of nitrogens with zero attached hydrogens (tertiary/aromatic N) is 4. The predicted molar refractivity (Wildman–Crippen MR) is 132 cm³/mol. The lowest BCUT2D eigenvalue weighted by Gasteiger charge is -2.28. The fourth-order valence-corrected chi connectivity index (χ4v) is 3.72. The summed E-state index contributed by atoms with van der Waals surface area (Å²) in [6.45, 7) is 5.22. The second-order valence-corrected chi connectivity index (χ2v) is 8.21. The number of ether oxygens (including phenoxy) is 1. The van der Waals surface area contributed by atoms with Crippen LogP contribution in [0.25, 0.3) is 11.3 Å². The number of carbonyl (C=O) groups is 1. The van der Waals surface area contributed by atoms with E-state index in [9.17, 15) is 4.79 Å². The first-order valence-electron chi connectivity index (χ1n) is 11.1. The molecule has 1 fully saturated rings. The molecule has 0 radical (unpaired) electrons. The quantitative estimate of drug-likeness (QED) is 0.574. The summed E-state index contributed by atoms with van der Waals surface area (Å²) in [5.74, 6) is 0.572. The van der Waals surface area contributed by atoms with Crippen LogP contribution in [-0.2, 0) is 9.53 Å². The Morgan fingerprint density at radius 2 is 1.67 bits per heavy atom. The number of hydrogen-bond donors (Lipinski definition) is 2. The van der Waals surface area contributed by atoms with E-state index in [1.165, 1.54) is 5.69 Å². The van der Waals surface area contributed by atoms with Gasteiger partial charge in [0.15, 0.2) is 0 Å². The second kappa shape index (κ2) is 10.3. The highest BCUT2D eigenvalue weighted by molar-refractivity contribution is 5.84. The molecule has 4 rings (SSSR count). The first-order valence-corrected chi connectivity index (χ1v) is 11.1. The molecule has 8 nitrogen and oxygen atoms in total. The van der Waals surface area contributed by atoms with Gasteiger partial charge in [-0.15, -0.1) is 0 Å². The van der Waals surface area contributed by atoms with E-state index >= 15 is 0 Å². The summed E-state index contributed by atoms with van der Waals surface area (Å²) in [5, 5.41) is 6.51. The molecule has 0 unspecified atom stereocenters. The van der Waals surface area contributed by atoms with Crippen molar-refractivity contribution in [2.24, 2.45) is 0 Å². The summed E-state index contributed by atoms with van der Waals surface area (Å²) in [6, 6.07) is 17.7. The minimum absolute atomic E-state index is 0.0311. The number of nitrogens with one attached hydrogen (secondary N) is 2. The van der Waals surface area contributed by atoms with Crippen molar-refractivity contribution in [3.63, 3.8) is 0 Å². The van der Waals surface area contributed by atoms with Crippen molar-refractivity contribution in [2.75, 3.05) is 55.9 Å². The van der Waals surface area contributed by atoms with Crippen LogP contribution in [0.15, 0.2) is 60.8 Å². The van der Waals surface area contributed by atoms with Crippen molar-refractivity contribution in [2.45, 2.75) is 13.0 Å². The summed E-state index contributed by atoms with van der Waals surface area (Å²) in [7, 11) is 3.51. The number of benzene rings is 2. The number of anilines is 4. The fraction of sp³-hybridized carbons (Fsp3) is 0.320. The van der Waals surface area contributed by atoms with Gasteiger partial charge in [-0.05, 0) is 49.4 Å². The van der Waals surface area contributed by atoms with E-state index in [-0.39, 0.29) is 11.9 Å². The third kappa shape index (κ3) is 5.78. The number of morpholine rings is 1. The van der Waals surface area contributed by atoms with Crippen molar-refractivity contribution in [3.05, 3.63) is 60.8 Å². The highest BCUT2D eigenvalue weighted by Crippen LogP contribution is 2.23. The molecule has 1 aliphatic heterocycles. The molecule has 1 aliphatic rings. The van der Waals surface area contributed by atoms with Gasteiger partial charge in [-0.2, -0.15) is 0 Å². The molecule has 2 aromatic carbocycles. The van der Waals surface area contributed by atoms with Crippen LogP contribution in [0.1, 0.15) is 6.92 Å². The molecule has 172 valence electrons. The average Bonchev–Trinajstić information content (AvgIpc) is 2.85. The lowest BCUT2D eigenvalue weighted by molar-refractivity contribution is -0.129. The molecule has 8 heteroatoms. The van der Waals surface area contributed by atoms with Crippen LogP contribution in [-0.4, -0.2) is 67.2 Å². The van der Waals surface area contributed by atoms with Crippen LogP contribution in [0.2, 0.25) is 0 Å². The molecule has 0 saturated carbocycles. The Labute approximate surface area is 194 Å². The van der Waals surface area contributed by atoms with E-state index in [1.54, 1.807) is 25.2 Å². The summed E-state index contributed by atoms with van der Waals surface area (Å²) >= 11 is 0. The lowest BCUT2D eigenvalue weighted by Crippen LogP contribution is -2.36. The van der Waals surface area contributed by atoms with Gasteiger partial charge in [0.2, 0.25) is 11.9 Å². The molecule has 1 aromatic heterocycles. The molecule has 2 heterocycles. The van der Waals surface area contributed by atoms with Crippen LogP contribution in [0.5, 0.6) is 0 Å². The summed E-state index contributed by atoms with van der Waals surface area (Å²) < 4.78 is 5.42. The van der Waals surface area contributed by atoms with Crippen LogP contribution in [0.3, 0.4) is 0 Å². The van der Waals surface area contributed by atoms with Gasteiger partial charge in [0.25, 0.3) is 0 Å². The molecule has 0 bridgehead atoms. The number of hydrogen-bond acceptors (Lipinski definition) is 7. The molecular formula is C25H30N6O2. The summed E-state index contributed by atoms with van der Waals surface area (Å²) in [6.07, 6.45) is 1.75. The number of carbonyl (C=O) groups excluding carboxylic acids is 1. The lowest BCUT2D eigenvalue weighted by atomic mass is 10.1. The molecular weight excluding hydrogens is 416 g/mol. The van der Waals surface area contributed by atoms with E-state index in [4.69, 9.17) is 4.74 Å². The van der Waals surface area contributed by atoms with Crippen LogP contribution in [0, 0.1) is 0 Å². The van der Waals surface area contributed by atoms with Crippen molar-refractivity contribution in [3.8, 4) is 11.3 Å². The van der Waals surface area contributed by atoms with Gasteiger partial charge >= 0.3 is 0 Å². The summed E-state index contributed by atoms with van der Waals surface area (Å²) in [5.41, 5.74) is 4.80. The fourth-order valence-electron chi connectivity index (χ4n) is 3.72. The SMILES string of the molecule is C[C@H](Nc1ccc(-c2ccnc(Nc3ccc(N4CCOCC4)cc3)n2)cc1)C(=O)N(C)C. The van der Waals surface area contributed by atoms with E-state index in [0.717, 1.165) is 48.9 Å². The first kappa shape index (κ1) is 22.5. The Bertz CT molecular complexity index is 1060. The highest BCUT2D eigenvalue weighted by atomic mass is 16.5. The van der Waals surface area contributed by atoms with Crippen LogP contribution >= 0.6 is 0 Å². The highest BCUT2D eigenvalue weighted by Gasteiger charge is 2.14. The number of amides is 1. The van der Waals surface area contributed by atoms with E-state index in [0.29, 0.717) is 5.95 Å². The molecule has 1 amide bonds. The minimum atomic E-state index is -0.296. The van der Waals surface area contributed by atoms with Crippen LogP contribution in [0.4, 0.5) is 23.0 Å². The average molecular weight is 447 g/mol. The standard InChI is InChI=1S/C25H30N6O2/c1-18(24(32)30(2)3)27-20-6-4-19(5-7-20)23-12-13-26-25(29-23)28-21-8-10-22(11-9-21)31-14-16-33-17-15-31/h4-13,18,27H,14-17H2,1-3H3,(H,26,28,29)/t18-/m0/s1.